The van der Waals surface area contributed by atoms with Crippen LogP contribution in [0.15, 0.2) is 76.9 Å². The molecule has 0 saturated carbocycles. The van der Waals surface area contributed by atoms with Gasteiger partial charge in [0.1, 0.15) is 23.2 Å². The third-order valence-corrected chi connectivity index (χ3v) is 5.81. The highest BCUT2D eigenvalue weighted by Crippen LogP contribution is 2.26. The first-order valence-electron chi connectivity index (χ1n) is 9.48. The Kier molecular flexibility index (Phi) is 6.72. The van der Waals surface area contributed by atoms with Gasteiger partial charge in [0.05, 0.1) is 0 Å². The summed E-state index contributed by atoms with van der Waals surface area (Å²) in [5.41, 5.74) is 1.75. The van der Waals surface area contributed by atoms with Crippen LogP contribution in [0.3, 0.4) is 0 Å². The van der Waals surface area contributed by atoms with Gasteiger partial charge in [0, 0.05) is 39.2 Å². The number of nitrogens with zero attached hydrogens (tertiary/aromatic N) is 2. The second-order valence-corrected chi connectivity index (χ2v) is 8.76. The van der Waals surface area contributed by atoms with Gasteiger partial charge in [-0.05, 0) is 42.0 Å². The number of anilines is 1. The number of amides is 1. The number of hydrogen-bond acceptors (Lipinski definition) is 5. The average Bonchev–Trinajstić information content (AvgIpc) is 3.41. The summed E-state index contributed by atoms with van der Waals surface area (Å²) >= 11 is 13.4. The van der Waals surface area contributed by atoms with Crippen LogP contribution in [0, 0.1) is 11.3 Å². The van der Waals surface area contributed by atoms with Crippen molar-refractivity contribution in [3.63, 3.8) is 0 Å². The number of aromatic nitrogens is 1. The zero-order valence-electron chi connectivity index (χ0n) is 16.5. The quantitative estimate of drug-likeness (QED) is 0.242. The molecule has 2 aromatic heterocycles. The van der Waals surface area contributed by atoms with Crippen molar-refractivity contribution in [1.82, 2.24) is 4.98 Å². The standard InChI is InChI=1S/C24H15Cl2N3O2S/c25-18-5-1-3-15(9-18)10-21-14-28-24(32-21)29-23(30)17(13-27)12-20-7-8-22(31-20)16-4-2-6-19(26)11-16/h1-9,11-12,14H,10H2,(H,28,29,30). The Morgan fingerprint density at radius 3 is 2.66 bits per heavy atom. The number of carbonyl (C=O) groups is 1. The van der Waals surface area contributed by atoms with E-state index in [2.05, 4.69) is 10.3 Å². The average molecular weight is 480 g/mol. The highest BCUT2D eigenvalue weighted by molar-refractivity contribution is 7.15. The number of rotatable bonds is 6. The van der Waals surface area contributed by atoms with E-state index in [-0.39, 0.29) is 5.57 Å². The maximum Gasteiger partial charge on any atom is 0.268 e. The summed E-state index contributed by atoms with van der Waals surface area (Å²) < 4.78 is 5.75. The zero-order chi connectivity index (χ0) is 22.5. The van der Waals surface area contributed by atoms with Crippen LogP contribution in [0.2, 0.25) is 10.0 Å². The smallest absolute Gasteiger partial charge is 0.268 e. The summed E-state index contributed by atoms with van der Waals surface area (Å²) in [5, 5.41) is 13.8. The molecule has 8 heteroatoms. The van der Waals surface area contributed by atoms with Gasteiger partial charge in [-0.1, -0.05) is 47.5 Å². The third kappa shape index (κ3) is 5.45. The van der Waals surface area contributed by atoms with Gasteiger partial charge >= 0.3 is 0 Å². The van der Waals surface area contributed by atoms with Crippen molar-refractivity contribution < 1.29 is 9.21 Å². The lowest BCUT2D eigenvalue weighted by Crippen LogP contribution is -2.13. The zero-order valence-corrected chi connectivity index (χ0v) is 18.8. The van der Waals surface area contributed by atoms with Gasteiger partial charge in [-0.25, -0.2) is 4.98 Å². The second kappa shape index (κ2) is 9.84. The first-order valence-corrected chi connectivity index (χ1v) is 11.1. The van der Waals surface area contributed by atoms with E-state index in [0.29, 0.717) is 33.1 Å². The highest BCUT2D eigenvalue weighted by Gasteiger charge is 2.14. The molecule has 0 aliphatic heterocycles. The maximum absolute atomic E-state index is 12.6. The number of benzene rings is 2. The van der Waals surface area contributed by atoms with Gasteiger partial charge < -0.3 is 4.42 Å². The monoisotopic (exact) mass is 479 g/mol. The Morgan fingerprint density at radius 2 is 1.91 bits per heavy atom. The van der Waals surface area contributed by atoms with E-state index in [1.807, 2.05) is 42.5 Å². The van der Waals surface area contributed by atoms with Gasteiger partial charge in [0.15, 0.2) is 5.13 Å². The minimum Gasteiger partial charge on any atom is -0.457 e. The summed E-state index contributed by atoms with van der Waals surface area (Å²) in [4.78, 5) is 17.8. The van der Waals surface area contributed by atoms with Gasteiger partial charge in [-0.2, -0.15) is 5.26 Å². The molecular formula is C24H15Cl2N3O2S. The molecule has 0 aliphatic carbocycles. The predicted molar refractivity (Wildman–Crippen MR) is 128 cm³/mol. The van der Waals surface area contributed by atoms with Crippen LogP contribution >= 0.6 is 34.5 Å². The number of halogens is 2. The lowest BCUT2D eigenvalue weighted by atomic mass is 10.1. The maximum atomic E-state index is 12.6. The Hall–Kier alpha value is -3.37. The van der Waals surface area contributed by atoms with E-state index < -0.39 is 5.91 Å². The number of hydrogen-bond donors (Lipinski definition) is 1. The van der Waals surface area contributed by atoms with Crippen molar-refractivity contribution in [2.24, 2.45) is 0 Å². The number of nitriles is 1. The van der Waals surface area contributed by atoms with Crippen LogP contribution in [0.25, 0.3) is 17.4 Å². The number of thiazole rings is 1. The molecule has 0 fully saturated rings. The van der Waals surface area contributed by atoms with E-state index in [1.165, 1.54) is 17.4 Å². The molecule has 32 heavy (non-hydrogen) atoms. The summed E-state index contributed by atoms with van der Waals surface area (Å²) in [6.45, 7) is 0. The lowest BCUT2D eigenvalue weighted by Gasteiger charge is -2.00. The molecule has 4 aromatic rings. The fourth-order valence-corrected chi connectivity index (χ4v) is 4.22. The molecule has 158 valence electrons. The Bertz CT molecular complexity index is 1350. The predicted octanol–water partition coefficient (Wildman–Crippen LogP) is 6.85. The third-order valence-electron chi connectivity index (χ3n) is 4.43. The van der Waals surface area contributed by atoms with Crippen molar-refractivity contribution in [2.75, 3.05) is 5.32 Å². The van der Waals surface area contributed by atoms with E-state index in [4.69, 9.17) is 27.6 Å². The van der Waals surface area contributed by atoms with Gasteiger partial charge in [-0.3, -0.25) is 10.1 Å². The van der Waals surface area contributed by atoms with E-state index in [1.54, 1.807) is 30.5 Å². The van der Waals surface area contributed by atoms with E-state index in [9.17, 15) is 10.1 Å². The summed E-state index contributed by atoms with van der Waals surface area (Å²) in [6, 6.07) is 20.1. The van der Waals surface area contributed by atoms with Crippen LogP contribution in [-0.2, 0) is 11.2 Å². The molecule has 0 bridgehead atoms. The van der Waals surface area contributed by atoms with Crippen molar-refractivity contribution in [3.8, 4) is 17.4 Å². The SMILES string of the molecule is N#CC(=Cc1ccc(-c2cccc(Cl)c2)o1)C(=O)Nc1ncc(Cc2cccc(Cl)c2)s1. The van der Waals surface area contributed by atoms with E-state index in [0.717, 1.165) is 16.0 Å². The van der Waals surface area contributed by atoms with Gasteiger partial charge in [0.2, 0.25) is 0 Å². The normalized spacial score (nSPS) is 11.2. The molecule has 4 rings (SSSR count). The molecule has 0 aliphatic rings. The number of furan rings is 1. The molecule has 2 aromatic carbocycles. The van der Waals surface area contributed by atoms with Crippen molar-refractivity contribution >= 4 is 51.7 Å². The van der Waals surface area contributed by atoms with Crippen molar-refractivity contribution in [1.29, 1.82) is 5.26 Å². The second-order valence-electron chi connectivity index (χ2n) is 6.77. The fraction of sp³-hybridized carbons (Fsp3) is 0.0417. The van der Waals surface area contributed by atoms with Gasteiger partial charge in [0.25, 0.3) is 5.91 Å². The molecule has 1 N–H and O–H groups in total. The summed E-state index contributed by atoms with van der Waals surface area (Å²) in [6.07, 6.45) is 3.73. The fourth-order valence-electron chi connectivity index (χ4n) is 2.98. The lowest BCUT2D eigenvalue weighted by molar-refractivity contribution is -0.112. The summed E-state index contributed by atoms with van der Waals surface area (Å²) in [7, 11) is 0. The molecular weight excluding hydrogens is 465 g/mol. The van der Waals surface area contributed by atoms with E-state index >= 15 is 0 Å². The van der Waals surface area contributed by atoms with Crippen molar-refractivity contribution in [3.05, 3.63) is 98.7 Å². The molecule has 0 atom stereocenters. The molecule has 5 nitrogen and oxygen atoms in total. The molecule has 1 amide bonds. The Balaban J connectivity index is 1.45. The minimum atomic E-state index is -0.558. The van der Waals surface area contributed by atoms with Crippen LogP contribution in [-0.4, -0.2) is 10.9 Å². The largest absolute Gasteiger partial charge is 0.457 e. The molecule has 0 radical (unpaired) electrons. The van der Waals surface area contributed by atoms with Crippen LogP contribution in [0.1, 0.15) is 16.2 Å². The first kappa shape index (κ1) is 21.8. The number of nitrogens with one attached hydrogen (secondary N) is 1. The van der Waals surface area contributed by atoms with Crippen LogP contribution < -0.4 is 5.32 Å². The number of carbonyl (C=O) groups excluding carboxylic acids is 1. The molecule has 0 saturated heterocycles. The first-order chi connectivity index (χ1) is 15.5. The van der Waals surface area contributed by atoms with Gasteiger partial charge in [-0.15, -0.1) is 11.3 Å². The summed E-state index contributed by atoms with van der Waals surface area (Å²) in [5.74, 6) is 0.409. The van der Waals surface area contributed by atoms with Crippen LogP contribution in [0.4, 0.5) is 5.13 Å². The van der Waals surface area contributed by atoms with Crippen LogP contribution in [0.5, 0.6) is 0 Å². The minimum absolute atomic E-state index is 0.0939. The topological polar surface area (TPSA) is 78.9 Å². The Labute approximate surface area is 198 Å². The molecule has 0 unspecified atom stereocenters. The highest BCUT2D eigenvalue weighted by atomic mass is 35.5. The molecule has 2 heterocycles. The van der Waals surface area contributed by atoms with Crippen molar-refractivity contribution in [2.45, 2.75) is 6.42 Å². The molecule has 0 spiro atoms. The Morgan fingerprint density at radius 1 is 1.12 bits per heavy atom.